The number of alkyl halides is 3. The molecule has 1 N–H and O–H groups in total. The van der Waals surface area contributed by atoms with Crippen molar-refractivity contribution in [2.45, 2.75) is 47.0 Å². The maximum Gasteiger partial charge on any atom is 0.422 e. The molecule has 194 valence electrons. The Balaban J connectivity index is 1.58. The van der Waals surface area contributed by atoms with Gasteiger partial charge in [-0.25, -0.2) is 13.2 Å². The molecule has 1 aliphatic heterocycles. The number of hydrogen-bond donors (Lipinski definition) is 1. The second-order valence-electron chi connectivity index (χ2n) is 8.80. The van der Waals surface area contributed by atoms with E-state index in [1.807, 2.05) is 0 Å². The molecule has 1 amide bonds. The minimum atomic E-state index is -4.59. The van der Waals surface area contributed by atoms with Crippen molar-refractivity contribution in [1.82, 2.24) is 4.90 Å². The van der Waals surface area contributed by atoms with Crippen molar-refractivity contribution < 1.29 is 41.0 Å². The van der Waals surface area contributed by atoms with Gasteiger partial charge in [0.1, 0.15) is 11.8 Å². The summed E-state index contributed by atoms with van der Waals surface area (Å²) in [7, 11) is -4.25. The predicted molar refractivity (Wildman–Crippen MR) is 124 cm³/mol. The average Bonchev–Trinajstić information content (AvgIpc) is 3.47. The molecular formula is C23H20Cl2F3NO6S. The van der Waals surface area contributed by atoms with E-state index in [0.717, 1.165) is 23.1 Å². The largest absolute Gasteiger partial charge is 0.484 e. The van der Waals surface area contributed by atoms with Gasteiger partial charge in [0, 0.05) is 17.6 Å². The topological polar surface area (TPSA) is 101 Å². The number of amides is 1. The fourth-order valence-electron chi connectivity index (χ4n) is 4.44. The van der Waals surface area contributed by atoms with Crippen LogP contribution in [0.1, 0.15) is 24.8 Å². The second kappa shape index (κ2) is 9.42. The number of benzene rings is 2. The van der Waals surface area contributed by atoms with Gasteiger partial charge in [-0.3, -0.25) is 4.79 Å². The Kier molecular flexibility index (Phi) is 6.95. The molecule has 13 heteroatoms. The van der Waals surface area contributed by atoms with Crippen LogP contribution in [0.3, 0.4) is 0 Å². The Morgan fingerprint density at radius 1 is 1.14 bits per heavy atom. The molecule has 36 heavy (non-hydrogen) atoms. The monoisotopic (exact) mass is 565 g/mol. The van der Waals surface area contributed by atoms with Crippen LogP contribution in [0.15, 0.2) is 47.4 Å². The minimum Gasteiger partial charge on any atom is -0.484 e. The van der Waals surface area contributed by atoms with E-state index in [4.69, 9.17) is 23.2 Å². The van der Waals surface area contributed by atoms with Crippen LogP contribution in [0.5, 0.6) is 5.75 Å². The van der Waals surface area contributed by atoms with Crippen LogP contribution in [-0.2, 0) is 24.8 Å². The number of likely N-dealkylation sites (tertiary alicyclic amines) is 1. The molecule has 0 aromatic heterocycles. The molecule has 0 bridgehead atoms. The number of rotatable bonds is 7. The Morgan fingerprint density at radius 2 is 1.83 bits per heavy atom. The van der Waals surface area contributed by atoms with E-state index in [9.17, 15) is 36.3 Å². The van der Waals surface area contributed by atoms with Gasteiger partial charge >= 0.3 is 12.1 Å². The first-order valence-corrected chi connectivity index (χ1v) is 13.1. The van der Waals surface area contributed by atoms with Gasteiger partial charge < -0.3 is 14.7 Å². The van der Waals surface area contributed by atoms with Crippen LogP contribution in [0.4, 0.5) is 13.2 Å². The third-order valence-electron chi connectivity index (χ3n) is 6.40. The van der Waals surface area contributed by atoms with Crippen molar-refractivity contribution in [2.75, 3.05) is 13.2 Å². The number of hydrogen-bond acceptors (Lipinski definition) is 5. The molecule has 0 unspecified atom stereocenters. The van der Waals surface area contributed by atoms with Crippen molar-refractivity contribution in [3.8, 4) is 5.75 Å². The summed E-state index contributed by atoms with van der Waals surface area (Å²) < 4.78 is 68.5. The second-order valence-corrected chi connectivity index (χ2v) is 11.8. The van der Waals surface area contributed by atoms with Crippen LogP contribution in [-0.4, -0.2) is 60.9 Å². The van der Waals surface area contributed by atoms with Crippen molar-refractivity contribution in [3.05, 3.63) is 58.1 Å². The summed E-state index contributed by atoms with van der Waals surface area (Å²) in [5.41, 5.74) is -0.334. The first-order valence-electron chi connectivity index (χ1n) is 10.8. The number of halogens is 5. The van der Waals surface area contributed by atoms with Crippen molar-refractivity contribution in [1.29, 1.82) is 0 Å². The molecule has 1 heterocycles. The average molecular weight is 566 g/mol. The predicted octanol–water partition coefficient (Wildman–Crippen LogP) is 4.49. The minimum absolute atomic E-state index is 0.278. The summed E-state index contributed by atoms with van der Waals surface area (Å²) in [6, 6.07) is 8.31. The number of sulfone groups is 1. The Bertz CT molecular complexity index is 1310. The fourth-order valence-corrected chi connectivity index (χ4v) is 6.86. The van der Waals surface area contributed by atoms with Gasteiger partial charge in [-0.2, -0.15) is 13.2 Å². The number of carboxylic acids is 1. The maximum atomic E-state index is 13.5. The molecule has 2 aliphatic rings. The third-order valence-corrected chi connectivity index (χ3v) is 9.24. The number of carboxylic acid groups (broad SMARTS) is 1. The van der Waals surface area contributed by atoms with Crippen LogP contribution in [0.2, 0.25) is 10.0 Å². The Morgan fingerprint density at radius 3 is 2.39 bits per heavy atom. The Hall–Kier alpha value is -2.50. The van der Waals surface area contributed by atoms with E-state index >= 15 is 0 Å². The van der Waals surface area contributed by atoms with Gasteiger partial charge in [-0.15, -0.1) is 0 Å². The van der Waals surface area contributed by atoms with E-state index in [1.165, 1.54) is 0 Å². The van der Waals surface area contributed by atoms with Crippen molar-refractivity contribution in [3.63, 3.8) is 0 Å². The highest BCUT2D eigenvalue weighted by molar-refractivity contribution is 7.92. The number of ether oxygens (including phenoxy) is 1. The highest BCUT2D eigenvalue weighted by Gasteiger charge is 2.57. The van der Waals surface area contributed by atoms with Gasteiger partial charge in [0.15, 0.2) is 16.4 Å². The molecule has 0 radical (unpaired) electrons. The molecule has 0 spiro atoms. The van der Waals surface area contributed by atoms with Crippen LogP contribution >= 0.6 is 23.2 Å². The summed E-state index contributed by atoms with van der Waals surface area (Å²) in [6.45, 7) is -1.95. The molecule has 1 aliphatic carbocycles. The van der Waals surface area contributed by atoms with Crippen LogP contribution in [0.25, 0.3) is 0 Å². The van der Waals surface area contributed by atoms with Crippen molar-refractivity contribution >= 4 is 44.9 Å². The molecule has 2 aromatic carbocycles. The van der Waals surface area contributed by atoms with Crippen molar-refractivity contribution in [2.24, 2.45) is 0 Å². The van der Waals surface area contributed by atoms with Gasteiger partial charge in [0.2, 0.25) is 5.91 Å². The lowest BCUT2D eigenvalue weighted by Crippen LogP contribution is -2.46. The quantitative estimate of drug-likeness (QED) is 0.530. The number of aliphatic carboxylic acids is 1. The molecule has 1 saturated heterocycles. The van der Waals surface area contributed by atoms with Gasteiger partial charge in [-0.05, 0) is 49.1 Å². The molecule has 4 rings (SSSR count). The third kappa shape index (κ3) is 5.14. The van der Waals surface area contributed by atoms with E-state index in [-0.39, 0.29) is 28.6 Å². The number of nitrogens with zero attached hydrogens (tertiary/aromatic N) is 1. The van der Waals surface area contributed by atoms with E-state index in [2.05, 4.69) is 4.74 Å². The summed E-state index contributed by atoms with van der Waals surface area (Å²) in [4.78, 5) is 26.2. The van der Waals surface area contributed by atoms with Crippen LogP contribution < -0.4 is 4.74 Å². The summed E-state index contributed by atoms with van der Waals surface area (Å²) in [5, 5.41) is 8.52. The molecule has 1 saturated carbocycles. The van der Waals surface area contributed by atoms with Gasteiger partial charge in [-0.1, -0.05) is 35.3 Å². The molecule has 7 nitrogen and oxygen atoms in total. The van der Waals surface area contributed by atoms with E-state index in [0.29, 0.717) is 23.4 Å². The first-order chi connectivity index (χ1) is 16.7. The van der Waals surface area contributed by atoms with E-state index < -0.39 is 51.2 Å². The first kappa shape index (κ1) is 26.6. The lowest BCUT2D eigenvalue weighted by atomic mass is 9.94. The highest BCUT2D eigenvalue weighted by atomic mass is 35.5. The maximum absolute atomic E-state index is 13.5. The zero-order valence-corrected chi connectivity index (χ0v) is 20.8. The molecule has 2 atom stereocenters. The van der Waals surface area contributed by atoms with Gasteiger partial charge in [0.05, 0.1) is 20.6 Å². The highest BCUT2D eigenvalue weighted by Crippen LogP contribution is 2.51. The Labute approximate surface area is 214 Å². The lowest BCUT2D eigenvalue weighted by molar-refractivity contribution is -0.153. The molecule has 2 aromatic rings. The normalized spacial score (nSPS) is 21.3. The SMILES string of the molecule is O=C(O)[C@@H]1C[C@@H](S(=O)(=O)c2ccc(OCC(F)(F)F)cc2Cl)CN1C(=O)C1(c2cccc(Cl)c2)CC1. The number of carbonyl (C=O) groups excluding carboxylic acids is 1. The standard InChI is InChI=1S/C23H20Cl2F3NO6S/c24-14-3-1-2-13(8-14)22(6-7-22)21(32)29-11-16(10-18(29)20(30)31)36(33,34)19-5-4-15(9-17(19)25)35-12-23(26,27)28/h1-5,8-9,16,18H,6-7,10-12H2,(H,30,31)/t16-,18+/m1/s1. The molecule has 2 fully saturated rings. The zero-order chi connectivity index (χ0) is 26.5. The molecular weight excluding hydrogens is 546 g/mol. The lowest BCUT2D eigenvalue weighted by Gasteiger charge is -2.27. The zero-order valence-electron chi connectivity index (χ0n) is 18.5. The summed E-state index contributed by atoms with van der Waals surface area (Å²) >= 11 is 12.1. The smallest absolute Gasteiger partial charge is 0.422 e. The summed E-state index contributed by atoms with van der Waals surface area (Å²) in [6.07, 6.45) is -4.01. The van der Waals surface area contributed by atoms with Crippen LogP contribution in [0, 0.1) is 0 Å². The number of carbonyl (C=O) groups is 2. The fraction of sp³-hybridized carbons (Fsp3) is 0.391. The summed E-state index contributed by atoms with van der Waals surface area (Å²) in [5.74, 6) is -2.11. The van der Waals surface area contributed by atoms with Gasteiger partial charge in [0.25, 0.3) is 0 Å². The van der Waals surface area contributed by atoms with E-state index in [1.54, 1.807) is 24.3 Å².